The van der Waals surface area contributed by atoms with Gasteiger partial charge in [0.05, 0.1) is 12.2 Å². The van der Waals surface area contributed by atoms with E-state index in [1.54, 1.807) is 26.8 Å². The van der Waals surface area contributed by atoms with Crippen LogP contribution in [0.4, 0.5) is 0 Å². The van der Waals surface area contributed by atoms with Crippen LogP contribution in [-0.4, -0.2) is 71.3 Å². The fourth-order valence-corrected chi connectivity index (χ4v) is 8.10. The minimum Gasteiger partial charge on any atom is -0.491 e. The van der Waals surface area contributed by atoms with Crippen molar-refractivity contribution in [2.75, 3.05) is 20.3 Å². The van der Waals surface area contributed by atoms with Crippen LogP contribution in [-0.2, 0) is 30.6 Å². The molecule has 4 atom stereocenters. The Hall–Kier alpha value is -5.37. The Balaban J connectivity index is 0.000000869. The second-order valence-corrected chi connectivity index (χ2v) is 21.6. The van der Waals surface area contributed by atoms with Gasteiger partial charge in [-0.05, 0) is 141 Å². The van der Waals surface area contributed by atoms with E-state index < -0.39 is 6.10 Å². The molecule has 8 nitrogen and oxygen atoms in total. The molecular weight excluding hydrogens is 907 g/mol. The number of Topliss-reactive ketones (excluding diaryl/α,β-unsaturated/α-hetero) is 1. The van der Waals surface area contributed by atoms with Crippen LogP contribution in [0.1, 0.15) is 176 Å². The predicted molar refractivity (Wildman–Crippen MR) is 309 cm³/mol. The summed E-state index contributed by atoms with van der Waals surface area (Å²) in [6.07, 6.45) is 9.74. The lowest BCUT2D eigenvalue weighted by molar-refractivity contribution is -0.116. The average Bonchev–Trinajstić information content (AvgIpc) is 3.34. The number of hydrogen-bond acceptors (Lipinski definition) is 8. The Kier molecular flexibility index (Phi) is 28.2. The highest BCUT2D eigenvalue weighted by Gasteiger charge is 2.33. The molecule has 0 radical (unpaired) electrons. The first-order valence-electron chi connectivity index (χ1n) is 26.2. The molecule has 0 saturated heterocycles. The molecule has 8 heteroatoms. The van der Waals surface area contributed by atoms with Gasteiger partial charge in [0.1, 0.15) is 25.1 Å². The molecule has 0 bridgehead atoms. The van der Waals surface area contributed by atoms with E-state index in [0.29, 0.717) is 48.0 Å². The number of aliphatic imine (C=N–C) groups is 1. The third kappa shape index (κ3) is 21.6. The van der Waals surface area contributed by atoms with Gasteiger partial charge < -0.3 is 24.8 Å². The molecule has 402 valence electrons. The SMILES string of the molecule is C=C(C)C(=C=O)OCC(O)COc1ccc(C(C)(C)c2cc(C(C)(C)C(/C=C\C(C)C)=C/C)cc(C(C)(C)c3ccc(C)cc3)c2)cc1.C=C(C)C(=NC)C(C)CCC(O)CC.C=C(C)C(=O)CCC(O)CC. The van der Waals surface area contributed by atoms with Crippen LogP contribution in [0.15, 0.2) is 138 Å². The van der Waals surface area contributed by atoms with Gasteiger partial charge in [-0.3, -0.25) is 9.79 Å². The van der Waals surface area contributed by atoms with Crippen LogP contribution in [0.3, 0.4) is 0 Å². The van der Waals surface area contributed by atoms with E-state index in [-0.39, 0.29) is 53.2 Å². The number of carbonyl (C=O) groups is 1. The Labute approximate surface area is 442 Å². The van der Waals surface area contributed by atoms with Crippen molar-refractivity contribution < 1.29 is 34.4 Å². The second kappa shape index (κ2) is 31.4. The molecule has 3 aromatic carbocycles. The molecule has 3 N–H and O–H groups in total. The van der Waals surface area contributed by atoms with Gasteiger partial charge in [0, 0.05) is 35.4 Å². The van der Waals surface area contributed by atoms with Crippen LogP contribution in [0.25, 0.3) is 0 Å². The highest BCUT2D eigenvalue weighted by atomic mass is 16.5. The minimum atomic E-state index is -0.914. The van der Waals surface area contributed by atoms with Gasteiger partial charge in [-0.2, -0.15) is 0 Å². The van der Waals surface area contributed by atoms with Crippen molar-refractivity contribution in [2.45, 2.75) is 184 Å². The zero-order valence-corrected chi connectivity index (χ0v) is 48.2. The lowest BCUT2D eigenvalue weighted by Crippen LogP contribution is -2.27. The number of hydrogen-bond donors (Lipinski definition) is 3. The van der Waals surface area contributed by atoms with Gasteiger partial charge in [0.15, 0.2) is 11.7 Å². The van der Waals surface area contributed by atoms with Crippen LogP contribution in [0.5, 0.6) is 5.75 Å². The van der Waals surface area contributed by atoms with E-state index in [9.17, 15) is 19.8 Å². The molecule has 0 aliphatic rings. The molecule has 0 saturated carbocycles. The molecule has 0 aromatic heterocycles. The number of aliphatic hydroxyl groups is 3. The molecule has 0 aliphatic heterocycles. The first-order chi connectivity index (χ1) is 34.0. The summed E-state index contributed by atoms with van der Waals surface area (Å²) in [6.45, 7) is 44.9. The maximum absolute atomic E-state index is 11.0. The lowest BCUT2D eigenvalue weighted by atomic mass is 9.69. The number of aliphatic hydroxyl groups excluding tert-OH is 3. The van der Waals surface area contributed by atoms with E-state index in [0.717, 1.165) is 36.1 Å². The van der Waals surface area contributed by atoms with Crippen molar-refractivity contribution in [3.8, 4) is 5.75 Å². The molecular formula is C65H95NO7. The third-order valence-electron chi connectivity index (χ3n) is 13.7. The first-order valence-corrected chi connectivity index (χ1v) is 26.2. The number of carbonyl (C=O) groups excluding carboxylic acids is 2. The van der Waals surface area contributed by atoms with Crippen LogP contribution >= 0.6 is 0 Å². The molecule has 0 spiro atoms. The van der Waals surface area contributed by atoms with Gasteiger partial charge in [-0.15, -0.1) is 0 Å². The first kappa shape index (κ1) is 65.6. The molecule has 3 aromatic rings. The summed E-state index contributed by atoms with van der Waals surface area (Å²) in [4.78, 5) is 26.2. The fraction of sp³-hybridized carbons (Fsp3) is 0.508. The zero-order valence-electron chi connectivity index (χ0n) is 48.2. The summed E-state index contributed by atoms with van der Waals surface area (Å²) in [6, 6.07) is 24.1. The minimum absolute atomic E-state index is 0.00691. The molecule has 0 aliphatic carbocycles. The summed E-state index contributed by atoms with van der Waals surface area (Å²) in [5, 5.41) is 28.9. The fourth-order valence-electron chi connectivity index (χ4n) is 8.10. The van der Waals surface area contributed by atoms with Gasteiger partial charge in [0.25, 0.3) is 0 Å². The van der Waals surface area contributed by atoms with E-state index in [4.69, 9.17) is 14.6 Å². The Morgan fingerprint density at radius 1 is 0.699 bits per heavy atom. The highest BCUT2D eigenvalue weighted by Crippen LogP contribution is 2.42. The summed E-state index contributed by atoms with van der Waals surface area (Å²) in [5.74, 6) is 3.28. The number of nitrogens with zero attached hydrogens (tertiary/aromatic N) is 1. The topological polar surface area (TPSA) is 126 Å². The Bertz CT molecular complexity index is 2370. The summed E-state index contributed by atoms with van der Waals surface area (Å²) in [7, 11) is 1.80. The van der Waals surface area contributed by atoms with Crippen LogP contribution < -0.4 is 4.74 Å². The van der Waals surface area contributed by atoms with Crippen molar-refractivity contribution in [2.24, 2.45) is 16.8 Å². The van der Waals surface area contributed by atoms with E-state index in [1.165, 1.54) is 33.4 Å². The monoisotopic (exact) mass is 1000 g/mol. The van der Waals surface area contributed by atoms with E-state index >= 15 is 0 Å². The summed E-state index contributed by atoms with van der Waals surface area (Å²) >= 11 is 0. The molecule has 3 rings (SSSR count). The maximum atomic E-state index is 11.0. The number of allylic oxidation sites excluding steroid dienone is 7. The summed E-state index contributed by atoms with van der Waals surface area (Å²) in [5.41, 5.74) is 11.2. The van der Waals surface area contributed by atoms with Crippen molar-refractivity contribution in [1.82, 2.24) is 0 Å². The maximum Gasteiger partial charge on any atom is 0.206 e. The van der Waals surface area contributed by atoms with Crippen LogP contribution in [0.2, 0.25) is 0 Å². The number of rotatable bonds is 26. The second-order valence-electron chi connectivity index (χ2n) is 21.6. The third-order valence-corrected chi connectivity index (χ3v) is 13.7. The van der Waals surface area contributed by atoms with Crippen LogP contribution in [0, 0.1) is 18.8 Å². The largest absolute Gasteiger partial charge is 0.491 e. The average molecular weight is 1000 g/mol. The smallest absolute Gasteiger partial charge is 0.206 e. The predicted octanol–water partition coefficient (Wildman–Crippen LogP) is 14.6. The van der Waals surface area contributed by atoms with Gasteiger partial charge in [-0.1, -0.05) is 174 Å². The van der Waals surface area contributed by atoms with Crippen molar-refractivity contribution in [3.63, 3.8) is 0 Å². The normalized spacial score (nSPS) is 13.9. The molecule has 0 amide bonds. The standard InChI is InChI=1S/C44H56O4.C12H23NO.C9H16O2/c1-13-33(17-14-30(2)3)42(7,8)36-24-37(43(9,10)34-18-15-32(6)16-19-34)26-38(25-36)44(11,12)35-20-22-40(23-21-35)47-28-39(46)29-48-41(27-45)31(4)5;1-6-11(14)8-7-10(4)12(13-5)9(2)3;1-4-8(10)5-6-9(11)7(2)3/h13-26,30,39,46H,4,28-29H2,1-3,5-12H3;10-11,14H,2,6-8H2,1,3-5H3;8,10H,2,4-6H2,1,3H3/b17-14-,33-13+;;. The van der Waals surface area contributed by atoms with Gasteiger partial charge in [-0.25, -0.2) is 4.79 Å². The number of ether oxygens (including phenoxy) is 2. The van der Waals surface area contributed by atoms with Crippen molar-refractivity contribution in [1.29, 1.82) is 0 Å². The van der Waals surface area contributed by atoms with Gasteiger partial charge in [0.2, 0.25) is 5.76 Å². The van der Waals surface area contributed by atoms with Gasteiger partial charge >= 0.3 is 0 Å². The van der Waals surface area contributed by atoms with Crippen molar-refractivity contribution >= 4 is 17.4 Å². The van der Waals surface area contributed by atoms with E-state index in [2.05, 4.69) is 174 Å². The number of benzene rings is 3. The molecule has 73 heavy (non-hydrogen) atoms. The zero-order chi connectivity index (χ0) is 55.9. The Morgan fingerprint density at radius 3 is 1.62 bits per heavy atom. The number of ketones is 1. The molecule has 4 unspecified atom stereocenters. The molecule has 0 heterocycles. The Morgan fingerprint density at radius 2 is 1.19 bits per heavy atom. The van der Waals surface area contributed by atoms with E-state index in [1.807, 2.05) is 32.9 Å². The quantitative estimate of drug-likeness (QED) is 0.0240. The molecule has 0 fully saturated rings. The summed E-state index contributed by atoms with van der Waals surface area (Å²) < 4.78 is 11.2. The highest BCUT2D eigenvalue weighted by molar-refractivity contribution is 6.00. The number of aryl methyl sites for hydroxylation is 1. The van der Waals surface area contributed by atoms with Crippen molar-refractivity contribution in [3.05, 3.63) is 166 Å². The lowest BCUT2D eigenvalue weighted by Gasteiger charge is -2.35.